The fourth-order valence-electron chi connectivity index (χ4n) is 2.81. The van der Waals surface area contributed by atoms with Crippen LogP contribution in [0.2, 0.25) is 0 Å². The minimum Gasteiger partial charge on any atom is -0.463 e. The van der Waals surface area contributed by atoms with Gasteiger partial charge in [-0.15, -0.1) is 0 Å². The molecule has 0 aliphatic heterocycles. The van der Waals surface area contributed by atoms with Crippen molar-refractivity contribution >= 4 is 13.8 Å². The summed E-state index contributed by atoms with van der Waals surface area (Å²) in [6, 6.07) is 0. The van der Waals surface area contributed by atoms with E-state index in [-0.39, 0.29) is 25.6 Å². The molecule has 0 amide bonds. The van der Waals surface area contributed by atoms with E-state index in [2.05, 4.69) is 45.9 Å². The lowest BCUT2D eigenvalue weighted by atomic mass is 10.1. The first-order chi connectivity index (χ1) is 15.2. The van der Waals surface area contributed by atoms with Gasteiger partial charge in [0.1, 0.15) is 5.76 Å². The lowest BCUT2D eigenvalue weighted by Gasteiger charge is -2.18. The summed E-state index contributed by atoms with van der Waals surface area (Å²) in [5.41, 5.74) is 4.02. The Morgan fingerprint density at radius 3 is 1.72 bits per heavy atom. The zero-order valence-corrected chi connectivity index (χ0v) is 22.0. The van der Waals surface area contributed by atoms with Crippen molar-refractivity contribution in [2.24, 2.45) is 0 Å². The predicted octanol–water partition coefficient (Wildman–Crippen LogP) is 7.83. The van der Waals surface area contributed by atoms with Gasteiger partial charge >= 0.3 is 13.8 Å². The summed E-state index contributed by atoms with van der Waals surface area (Å²) in [6.07, 6.45) is 13.1. The van der Waals surface area contributed by atoms with Crippen LogP contribution in [0.3, 0.4) is 0 Å². The molecule has 32 heavy (non-hydrogen) atoms. The zero-order valence-electron chi connectivity index (χ0n) is 21.1. The maximum Gasteiger partial charge on any atom is 0.529 e. The van der Waals surface area contributed by atoms with Crippen LogP contribution in [0, 0.1) is 0 Å². The van der Waals surface area contributed by atoms with E-state index in [0.717, 1.165) is 25.7 Å². The highest BCUT2D eigenvalue weighted by Crippen LogP contribution is 2.51. The third kappa shape index (κ3) is 16.1. The molecule has 0 aliphatic carbocycles. The van der Waals surface area contributed by atoms with Crippen LogP contribution in [0.25, 0.3) is 0 Å². The van der Waals surface area contributed by atoms with Crippen molar-refractivity contribution in [1.29, 1.82) is 0 Å². The van der Waals surface area contributed by atoms with Gasteiger partial charge < -0.3 is 9.26 Å². The molecule has 0 saturated heterocycles. The lowest BCUT2D eigenvalue weighted by Crippen LogP contribution is -2.05. The highest BCUT2D eigenvalue weighted by Gasteiger charge is 2.28. The Kier molecular flexibility index (Phi) is 17.0. The maximum atomic E-state index is 12.7. The van der Waals surface area contributed by atoms with Crippen molar-refractivity contribution < 1.29 is 27.7 Å². The molecule has 6 nitrogen and oxygen atoms in total. The number of esters is 1. The SMILES string of the molecule is CCOC(=O)/C=C(/CC/C=C(\C)CC/C=C(\C)CCC=C(C)C)OP(=O)(OCC)OCC. The van der Waals surface area contributed by atoms with Crippen molar-refractivity contribution in [3.63, 3.8) is 0 Å². The molecule has 0 rings (SSSR count). The fraction of sp³-hybridized carbons (Fsp3) is 0.640. The molecule has 0 aromatic heterocycles. The van der Waals surface area contributed by atoms with Crippen molar-refractivity contribution in [2.45, 2.75) is 87.0 Å². The van der Waals surface area contributed by atoms with Gasteiger partial charge in [0.05, 0.1) is 25.9 Å². The topological polar surface area (TPSA) is 71.1 Å². The lowest BCUT2D eigenvalue weighted by molar-refractivity contribution is -0.137. The number of rotatable bonds is 17. The summed E-state index contributed by atoms with van der Waals surface area (Å²) in [6.45, 7) is 14.2. The van der Waals surface area contributed by atoms with Gasteiger partial charge in [-0.1, -0.05) is 34.9 Å². The largest absolute Gasteiger partial charge is 0.529 e. The summed E-state index contributed by atoms with van der Waals surface area (Å²) in [4.78, 5) is 11.9. The van der Waals surface area contributed by atoms with Crippen LogP contribution >= 0.6 is 7.82 Å². The van der Waals surface area contributed by atoms with Crippen LogP contribution in [-0.4, -0.2) is 25.8 Å². The summed E-state index contributed by atoms with van der Waals surface area (Å²) >= 11 is 0. The molecule has 0 aromatic carbocycles. The van der Waals surface area contributed by atoms with Crippen molar-refractivity contribution in [2.75, 3.05) is 19.8 Å². The Morgan fingerprint density at radius 1 is 0.750 bits per heavy atom. The Bertz CT molecular complexity index is 704. The van der Waals surface area contributed by atoms with Crippen LogP contribution in [0.5, 0.6) is 0 Å². The van der Waals surface area contributed by atoms with E-state index < -0.39 is 13.8 Å². The third-order valence-electron chi connectivity index (χ3n) is 4.38. The summed E-state index contributed by atoms with van der Waals surface area (Å²) in [5.74, 6) is -0.316. The molecule has 0 aromatic rings. The fourth-order valence-corrected chi connectivity index (χ4v) is 4.05. The highest BCUT2D eigenvalue weighted by molar-refractivity contribution is 7.48. The Balaban J connectivity index is 4.91. The number of carbonyl (C=O) groups excluding carboxylic acids is 1. The Labute approximate surface area is 195 Å². The van der Waals surface area contributed by atoms with E-state index in [9.17, 15) is 9.36 Å². The summed E-state index contributed by atoms with van der Waals surface area (Å²) in [7, 11) is -3.77. The van der Waals surface area contributed by atoms with E-state index in [1.165, 1.54) is 22.8 Å². The van der Waals surface area contributed by atoms with Gasteiger partial charge in [0.2, 0.25) is 0 Å². The smallest absolute Gasteiger partial charge is 0.463 e. The quantitative estimate of drug-likeness (QED) is 0.0709. The zero-order chi connectivity index (χ0) is 24.4. The molecular formula is C25H43O6P. The highest BCUT2D eigenvalue weighted by atomic mass is 31.2. The normalized spacial score (nSPS) is 13.2. The number of carbonyl (C=O) groups is 1. The molecule has 184 valence electrons. The van der Waals surface area contributed by atoms with Gasteiger partial charge in [0.15, 0.2) is 0 Å². The number of phosphoric ester groups is 1. The average molecular weight is 471 g/mol. The van der Waals surface area contributed by atoms with E-state index in [0.29, 0.717) is 12.8 Å². The van der Waals surface area contributed by atoms with E-state index >= 15 is 0 Å². The van der Waals surface area contributed by atoms with Crippen LogP contribution in [0.4, 0.5) is 0 Å². The summed E-state index contributed by atoms with van der Waals surface area (Å²) in [5, 5.41) is 0. The molecule has 0 bridgehead atoms. The van der Waals surface area contributed by atoms with Gasteiger partial charge in [0.25, 0.3) is 0 Å². The van der Waals surface area contributed by atoms with Gasteiger partial charge in [-0.25, -0.2) is 9.36 Å². The van der Waals surface area contributed by atoms with Crippen LogP contribution in [0.1, 0.15) is 87.0 Å². The molecule has 0 atom stereocenters. The van der Waals surface area contributed by atoms with E-state index in [1.807, 2.05) is 0 Å². The number of ether oxygens (including phenoxy) is 1. The van der Waals surface area contributed by atoms with Gasteiger partial charge in [-0.3, -0.25) is 9.05 Å². The van der Waals surface area contributed by atoms with E-state index in [4.69, 9.17) is 18.3 Å². The van der Waals surface area contributed by atoms with Gasteiger partial charge in [0, 0.05) is 6.42 Å². The minimum atomic E-state index is -3.77. The van der Waals surface area contributed by atoms with E-state index in [1.54, 1.807) is 20.8 Å². The second kappa shape index (κ2) is 17.9. The molecule has 0 saturated carbocycles. The standard InChI is InChI=1S/C25H43O6P/c1-8-28-25(26)20-24(31-32(27,29-9-2)30-10-3)19-13-18-23(7)17-12-16-22(6)15-11-14-21(4)5/h14,16,18,20H,8-13,15,17,19H2,1-7H3/b22-16+,23-18+,24-20-. The van der Waals surface area contributed by atoms with Crippen molar-refractivity contribution in [3.8, 4) is 0 Å². The van der Waals surface area contributed by atoms with Crippen molar-refractivity contribution in [3.05, 3.63) is 46.8 Å². The van der Waals surface area contributed by atoms with Crippen LogP contribution < -0.4 is 0 Å². The third-order valence-corrected chi connectivity index (χ3v) is 5.98. The average Bonchev–Trinajstić information content (AvgIpc) is 2.68. The maximum absolute atomic E-state index is 12.7. The monoisotopic (exact) mass is 470 g/mol. The number of hydrogen-bond donors (Lipinski definition) is 0. The van der Waals surface area contributed by atoms with Crippen LogP contribution in [0.15, 0.2) is 46.8 Å². The first-order valence-corrected chi connectivity index (χ1v) is 13.0. The van der Waals surface area contributed by atoms with Gasteiger partial charge in [-0.2, -0.15) is 0 Å². The number of phosphoric acid groups is 1. The molecule has 0 radical (unpaired) electrons. The first kappa shape index (κ1) is 30.4. The molecule has 0 N–H and O–H groups in total. The Morgan fingerprint density at radius 2 is 1.25 bits per heavy atom. The number of hydrogen-bond acceptors (Lipinski definition) is 6. The second-order valence-corrected chi connectivity index (χ2v) is 9.33. The Hall–Kier alpha value is -1.62. The molecule has 0 aliphatic rings. The second-order valence-electron chi connectivity index (χ2n) is 7.74. The molecule has 7 heteroatoms. The first-order valence-electron chi connectivity index (χ1n) is 11.6. The van der Waals surface area contributed by atoms with Gasteiger partial charge in [-0.05, 0) is 80.6 Å². The predicted molar refractivity (Wildman–Crippen MR) is 131 cm³/mol. The molecule has 0 spiro atoms. The molecule has 0 fully saturated rings. The van der Waals surface area contributed by atoms with Crippen LogP contribution in [-0.2, 0) is 27.7 Å². The molecular weight excluding hydrogens is 427 g/mol. The minimum absolute atomic E-state index is 0.171. The van der Waals surface area contributed by atoms with Crippen molar-refractivity contribution in [1.82, 2.24) is 0 Å². The number of allylic oxidation sites excluding steroid dienone is 7. The summed E-state index contributed by atoms with van der Waals surface area (Å²) < 4.78 is 33.5. The molecule has 0 heterocycles. The molecule has 0 unspecified atom stereocenters.